The van der Waals surface area contributed by atoms with Crippen LogP contribution in [0.5, 0.6) is 0 Å². The maximum absolute atomic E-state index is 8.74. The molecular weight excluding hydrogens is 202 g/mol. The van der Waals surface area contributed by atoms with Gasteiger partial charge in [0.25, 0.3) is 0 Å². The second-order valence-electron chi connectivity index (χ2n) is 4.25. The number of anilines is 1. The Morgan fingerprint density at radius 2 is 2.00 bits per heavy atom. The van der Waals surface area contributed by atoms with Gasteiger partial charge in [0.15, 0.2) is 5.69 Å². The van der Waals surface area contributed by atoms with Crippen LogP contribution in [0.15, 0.2) is 12.1 Å². The molecule has 76 valence electrons. The Morgan fingerprint density at radius 1 is 1.33 bits per heavy atom. The highest BCUT2D eigenvalue weighted by Crippen LogP contribution is 2.08. The van der Waals surface area contributed by atoms with Gasteiger partial charge in [0.1, 0.15) is 19.8 Å². The molecule has 0 bridgehead atoms. The van der Waals surface area contributed by atoms with Crippen molar-refractivity contribution in [2.45, 2.75) is 19.6 Å². The van der Waals surface area contributed by atoms with Crippen molar-refractivity contribution in [3.05, 3.63) is 23.5 Å². The monoisotopic (exact) mass is 215 g/mol. The number of hydrogen-bond donors (Lipinski definition) is 1. The van der Waals surface area contributed by atoms with E-state index in [-0.39, 0.29) is 5.69 Å². The summed E-state index contributed by atoms with van der Waals surface area (Å²) in [4.78, 5) is 4.06. The highest BCUT2D eigenvalue weighted by molar-refractivity contribution is 6.83. The number of nitrogens with zero attached hydrogens (tertiary/aromatic N) is 2. The number of nitrogens with two attached hydrogens (primary N) is 1. The summed E-state index contributed by atoms with van der Waals surface area (Å²) >= 11 is 0. The lowest BCUT2D eigenvalue weighted by Crippen LogP contribution is -2.16. The molecule has 1 rings (SSSR count). The van der Waals surface area contributed by atoms with Crippen molar-refractivity contribution in [2.24, 2.45) is 0 Å². The normalized spacial score (nSPS) is 10.0. The van der Waals surface area contributed by atoms with Gasteiger partial charge in [-0.15, -0.1) is 5.54 Å². The van der Waals surface area contributed by atoms with Gasteiger partial charge in [-0.3, -0.25) is 0 Å². The van der Waals surface area contributed by atoms with Crippen LogP contribution in [0.1, 0.15) is 11.4 Å². The van der Waals surface area contributed by atoms with Crippen molar-refractivity contribution in [3.8, 4) is 17.5 Å². The lowest BCUT2D eigenvalue weighted by atomic mass is 10.3. The minimum atomic E-state index is -1.40. The number of nitrogen functional groups attached to an aromatic ring is 1. The van der Waals surface area contributed by atoms with Gasteiger partial charge in [0, 0.05) is 0 Å². The van der Waals surface area contributed by atoms with E-state index in [4.69, 9.17) is 11.0 Å². The zero-order valence-electron chi connectivity index (χ0n) is 9.13. The lowest BCUT2D eigenvalue weighted by molar-refractivity contribution is 1.24. The van der Waals surface area contributed by atoms with Crippen molar-refractivity contribution in [1.29, 1.82) is 5.26 Å². The first-order valence-electron chi connectivity index (χ1n) is 4.62. The van der Waals surface area contributed by atoms with Crippen molar-refractivity contribution in [1.82, 2.24) is 4.98 Å². The number of aromatic nitrogens is 1. The molecule has 0 aliphatic rings. The molecule has 0 atom stereocenters. The predicted octanol–water partition coefficient (Wildman–Crippen LogP) is 1.76. The number of pyridine rings is 1. The van der Waals surface area contributed by atoms with E-state index in [1.165, 1.54) is 0 Å². The number of rotatable bonds is 0. The summed E-state index contributed by atoms with van der Waals surface area (Å²) in [7, 11) is -1.40. The molecule has 0 saturated carbocycles. The van der Waals surface area contributed by atoms with Crippen molar-refractivity contribution >= 4 is 13.8 Å². The average Bonchev–Trinajstić information content (AvgIpc) is 2.15. The van der Waals surface area contributed by atoms with Crippen LogP contribution < -0.4 is 5.73 Å². The smallest absolute Gasteiger partial charge is 0.164 e. The summed E-state index contributed by atoms with van der Waals surface area (Å²) in [6, 6.07) is 5.35. The third-order valence-corrected chi connectivity index (χ3v) is 2.47. The molecule has 2 N–H and O–H groups in total. The quantitative estimate of drug-likeness (QED) is 0.530. The summed E-state index contributed by atoms with van der Waals surface area (Å²) < 4.78 is 0. The number of hydrogen-bond acceptors (Lipinski definition) is 3. The van der Waals surface area contributed by atoms with Gasteiger partial charge in [-0.05, 0) is 12.1 Å². The highest BCUT2D eigenvalue weighted by Gasteiger charge is 2.08. The molecule has 0 spiro atoms. The van der Waals surface area contributed by atoms with E-state index in [0.29, 0.717) is 11.4 Å². The van der Waals surface area contributed by atoms with Gasteiger partial charge in [-0.25, -0.2) is 4.98 Å². The Labute approximate surface area is 91.0 Å². The second-order valence-corrected chi connectivity index (χ2v) is 9.00. The van der Waals surface area contributed by atoms with Gasteiger partial charge in [-0.2, -0.15) is 5.26 Å². The van der Waals surface area contributed by atoms with Crippen LogP contribution in [0.4, 0.5) is 5.69 Å². The molecule has 0 unspecified atom stereocenters. The zero-order valence-corrected chi connectivity index (χ0v) is 10.1. The summed E-state index contributed by atoms with van der Waals surface area (Å²) in [6.45, 7) is 6.47. The standard InChI is InChI=1S/C11H13N3Si/c1-15(2,3)7-6-9-4-5-10(13)11(8-12)14-9/h4-5H,13H2,1-3H3. The minimum Gasteiger partial charge on any atom is -0.396 e. The van der Waals surface area contributed by atoms with Crippen LogP contribution in [-0.4, -0.2) is 13.1 Å². The van der Waals surface area contributed by atoms with Crippen molar-refractivity contribution in [3.63, 3.8) is 0 Å². The Morgan fingerprint density at radius 3 is 2.53 bits per heavy atom. The summed E-state index contributed by atoms with van der Waals surface area (Å²) in [5, 5.41) is 8.74. The molecule has 0 fully saturated rings. The van der Waals surface area contributed by atoms with E-state index in [2.05, 4.69) is 36.1 Å². The first kappa shape index (κ1) is 11.3. The topological polar surface area (TPSA) is 62.7 Å². The third kappa shape index (κ3) is 3.45. The maximum atomic E-state index is 8.74. The van der Waals surface area contributed by atoms with Crippen LogP contribution >= 0.6 is 0 Å². The zero-order chi connectivity index (χ0) is 11.5. The highest BCUT2D eigenvalue weighted by atomic mass is 28.3. The fourth-order valence-corrected chi connectivity index (χ4v) is 1.38. The van der Waals surface area contributed by atoms with Gasteiger partial charge in [-0.1, -0.05) is 25.6 Å². The molecule has 0 amide bonds. The molecule has 3 nitrogen and oxygen atoms in total. The van der Waals surface area contributed by atoms with Gasteiger partial charge < -0.3 is 5.73 Å². The molecule has 0 saturated heterocycles. The number of nitriles is 1. The minimum absolute atomic E-state index is 0.248. The fraction of sp³-hybridized carbons (Fsp3) is 0.273. The molecule has 1 heterocycles. The van der Waals surface area contributed by atoms with Gasteiger partial charge in [0.2, 0.25) is 0 Å². The summed E-state index contributed by atoms with van der Waals surface area (Å²) in [5.74, 6) is 2.98. The average molecular weight is 215 g/mol. The van der Waals surface area contributed by atoms with E-state index < -0.39 is 8.07 Å². The van der Waals surface area contributed by atoms with Crippen LogP contribution in [-0.2, 0) is 0 Å². The Hall–Kier alpha value is -1.78. The molecule has 0 aliphatic carbocycles. The van der Waals surface area contributed by atoms with E-state index in [1.807, 2.05) is 6.07 Å². The molecular formula is C11H13N3Si. The summed E-state index contributed by atoms with van der Waals surface area (Å²) in [5.41, 5.74) is 10.0. The van der Waals surface area contributed by atoms with Crippen LogP contribution in [0.25, 0.3) is 0 Å². The predicted molar refractivity (Wildman–Crippen MR) is 63.6 cm³/mol. The van der Waals surface area contributed by atoms with E-state index >= 15 is 0 Å². The first-order chi connectivity index (χ1) is 6.92. The Bertz CT molecular complexity index is 469. The summed E-state index contributed by atoms with van der Waals surface area (Å²) in [6.07, 6.45) is 0. The SMILES string of the molecule is C[Si](C)(C)C#Cc1ccc(N)c(C#N)n1. The maximum Gasteiger partial charge on any atom is 0.164 e. The van der Waals surface area contributed by atoms with Gasteiger partial charge in [0.05, 0.1) is 5.69 Å². The van der Waals surface area contributed by atoms with E-state index in [0.717, 1.165) is 0 Å². The van der Waals surface area contributed by atoms with Crippen LogP contribution in [0.2, 0.25) is 19.6 Å². The molecule has 0 aliphatic heterocycles. The molecule has 1 aromatic rings. The van der Waals surface area contributed by atoms with E-state index in [1.54, 1.807) is 12.1 Å². The van der Waals surface area contributed by atoms with Crippen LogP contribution in [0.3, 0.4) is 0 Å². The fourth-order valence-electron chi connectivity index (χ4n) is 0.881. The largest absolute Gasteiger partial charge is 0.396 e. The molecule has 4 heteroatoms. The van der Waals surface area contributed by atoms with E-state index in [9.17, 15) is 0 Å². The molecule has 0 radical (unpaired) electrons. The lowest BCUT2D eigenvalue weighted by Gasteiger charge is -2.03. The third-order valence-electron chi connectivity index (χ3n) is 1.60. The Balaban J connectivity index is 3.08. The first-order valence-corrected chi connectivity index (χ1v) is 8.12. The molecule has 15 heavy (non-hydrogen) atoms. The van der Waals surface area contributed by atoms with Crippen molar-refractivity contribution < 1.29 is 0 Å². The van der Waals surface area contributed by atoms with Gasteiger partial charge >= 0.3 is 0 Å². The Kier molecular flexibility index (Phi) is 3.13. The van der Waals surface area contributed by atoms with Crippen molar-refractivity contribution in [2.75, 3.05) is 5.73 Å². The second kappa shape index (κ2) is 4.16. The molecule has 0 aromatic carbocycles. The molecule has 1 aromatic heterocycles. The van der Waals surface area contributed by atoms with Crippen LogP contribution in [0, 0.1) is 22.8 Å².